The summed E-state index contributed by atoms with van der Waals surface area (Å²) in [5.74, 6) is 1.29. The van der Waals surface area contributed by atoms with Crippen molar-refractivity contribution in [2.45, 2.75) is 0 Å². The van der Waals surface area contributed by atoms with Crippen molar-refractivity contribution in [3.8, 4) is 17.2 Å². The van der Waals surface area contributed by atoms with Crippen molar-refractivity contribution in [1.82, 2.24) is 0 Å². The Labute approximate surface area is 146 Å². The molecule has 25 heavy (non-hydrogen) atoms. The van der Waals surface area contributed by atoms with Crippen LogP contribution < -0.4 is 19.7 Å². The summed E-state index contributed by atoms with van der Waals surface area (Å²) in [4.78, 5) is 12.3. The van der Waals surface area contributed by atoms with Gasteiger partial charge in [0.05, 0.1) is 21.3 Å². The third-order valence-corrected chi connectivity index (χ3v) is 3.62. The van der Waals surface area contributed by atoms with Crippen molar-refractivity contribution in [3.05, 3.63) is 53.6 Å². The lowest BCUT2D eigenvalue weighted by Gasteiger charge is -2.12. The highest BCUT2D eigenvalue weighted by Crippen LogP contribution is 2.35. The van der Waals surface area contributed by atoms with Crippen LogP contribution in [0.25, 0.3) is 6.08 Å². The molecule has 0 atom stereocenters. The van der Waals surface area contributed by atoms with Crippen molar-refractivity contribution in [2.75, 3.05) is 21.3 Å². The summed E-state index contributed by atoms with van der Waals surface area (Å²) in [5.41, 5.74) is 1.25. The number of ketones is 1. The number of allylic oxidation sites excluding steroid dienone is 1. The van der Waals surface area contributed by atoms with Gasteiger partial charge in [0, 0.05) is 17.2 Å². The first-order chi connectivity index (χ1) is 12.0. The molecular weight excluding hydrogens is 323 g/mol. The highest BCUT2D eigenvalue weighted by atomic mass is 16.5. The van der Waals surface area contributed by atoms with Crippen LogP contribution in [0.2, 0.25) is 0 Å². The lowest BCUT2D eigenvalue weighted by Crippen LogP contribution is -2.30. The smallest absolute Gasteiger partial charge is 0.488 e. The van der Waals surface area contributed by atoms with Crippen LogP contribution in [-0.2, 0) is 0 Å². The third kappa shape index (κ3) is 4.40. The zero-order chi connectivity index (χ0) is 18.4. The first-order valence-electron chi connectivity index (χ1n) is 7.48. The number of methoxy groups -OCH3 is 3. The van der Waals surface area contributed by atoms with Crippen LogP contribution in [-0.4, -0.2) is 44.3 Å². The number of ether oxygens (including phenoxy) is 3. The lowest BCUT2D eigenvalue weighted by atomic mass is 9.79. The second kappa shape index (κ2) is 8.37. The first kappa shape index (κ1) is 18.6. The van der Waals surface area contributed by atoms with Gasteiger partial charge >= 0.3 is 7.12 Å². The van der Waals surface area contributed by atoms with E-state index in [4.69, 9.17) is 14.2 Å². The van der Waals surface area contributed by atoms with Crippen LogP contribution in [0.3, 0.4) is 0 Å². The van der Waals surface area contributed by atoms with Gasteiger partial charge in [0.25, 0.3) is 0 Å². The molecule has 0 spiro atoms. The van der Waals surface area contributed by atoms with Crippen LogP contribution in [0.15, 0.2) is 42.5 Å². The number of hydrogen-bond donors (Lipinski definition) is 2. The van der Waals surface area contributed by atoms with Gasteiger partial charge in [0.15, 0.2) is 17.3 Å². The quantitative estimate of drug-likeness (QED) is 0.448. The maximum atomic E-state index is 12.3. The summed E-state index contributed by atoms with van der Waals surface area (Å²) < 4.78 is 15.8. The van der Waals surface area contributed by atoms with Gasteiger partial charge in [-0.1, -0.05) is 24.3 Å². The van der Waals surface area contributed by atoms with Crippen LogP contribution >= 0.6 is 0 Å². The van der Waals surface area contributed by atoms with Gasteiger partial charge in [-0.3, -0.25) is 4.79 Å². The van der Waals surface area contributed by atoms with Crippen molar-refractivity contribution in [1.29, 1.82) is 0 Å². The summed E-state index contributed by atoms with van der Waals surface area (Å²) in [6.07, 6.45) is 2.98. The summed E-state index contributed by atoms with van der Waals surface area (Å²) in [6.45, 7) is 0. The van der Waals surface area contributed by atoms with Gasteiger partial charge < -0.3 is 24.3 Å². The van der Waals surface area contributed by atoms with E-state index >= 15 is 0 Å². The normalized spacial score (nSPS) is 10.6. The zero-order valence-electron chi connectivity index (χ0n) is 14.2. The van der Waals surface area contributed by atoms with Gasteiger partial charge in [-0.2, -0.15) is 0 Å². The van der Waals surface area contributed by atoms with Crippen LogP contribution in [0.4, 0.5) is 0 Å². The molecule has 2 aromatic carbocycles. The van der Waals surface area contributed by atoms with Crippen LogP contribution in [0, 0.1) is 0 Å². The molecule has 130 valence electrons. The van der Waals surface area contributed by atoms with Crippen LogP contribution in [0.1, 0.15) is 15.9 Å². The van der Waals surface area contributed by atoms with E-state index in [0.717, 1.165) is 0 Å². The standard InChI is InChI=1S/C18H19BO6/c1-23-16-11-18(25-3)17(24-2)10-13(16)7-8-15(20)12-5-4-6-14(9-12)19(21)22/h4-11,21-22H,1-3H3/b8-7+. The van der Waals surface area contributed by atoms with Crippen molar-refractivity contribution in [3.63, 3.8) is 0 Å². The summed E-state index contributed by atoms with van der Waals surface area (Å²) >= 11 is 0. The monoisotopic (exact) mass is 342 g/mol. The highest BCUT2D eigenvalue weighted by molar-refractivity contribution is 6.58. The number of carbonyl (C=O) groups excluding carboxylic acids is 1. The molecule has 0 saturated carbocycles. The third-order valence-electron chi connectivity index (χ3n) is 3.62. The second-order valence-corrected chi connectivity index (χ2v) is 5.15. The Bertz CT molecular complexity index is 785. The molecule has 2 N–H and O–H groups in total. The fourth-order valence-electron chi connectivity index (χ4n) is 2.30. The van der Waals surface area contributed by atoms with Crippen molar-refractivity contribution >= 4 is 24.4 Å². The van der Waals surface area contributed by atoms with E-state index in [1.807, 2.05) is 0 Å². The van der Waals surface area contributed by atoms with Gasteiger partial charge in [-0.15, -0.1) is 0 Å². The number of carbonyl (C=O) groups is 1. The van der Waals surface area contributed by atoms with Gasteiger partial charge in [-0.25, -0.2) is 0 Å². The highest BCUT2D eigenvalue weighted by Gasteiger charge is 2.13. The Kier molecular flexibility index (Phi) is 6.22. The number of rotatable bonds is 7. The van der Waals surface area contributed by atoms with E-state index in [1.165, 1.54) is 39.5 Å². The fraction of sp³-hybridized carbons (Fsp3) is 0.167. The van der Waals surface area contributed by atoms with E-state index in [0.29, 0.717) is 28.4 Å². The zero-order valence-corrected chi connectivity index (χ0v) is 14.2. The molecule has 6 nitrogen and oxygen atoms in total. The summed E-state index contributed by atoms with van der Waals surface area (Å²) in [7, 11) is 2.95. The minimum absolute atomic E-state index is 0.253. The Morgan fingerprint density at radius 3 is 2.20 bits per heavy atom. The summed E-state index contributed by atoms with van der Waals surface area (Å²) in [5, 5.41) is 18.4. The molecule has 0 heterocycles. The van der Waals surface area contributed by atoms with Gasteiger partial charge in [0.2, 0.25) is 0 Å². The predicted molar refractivity (Wildman–Crippen MR) is 95.7 cm³/mol. The Morgan fingerprint density at radius 1 is 0.960 bits per heavy atom. The molecule has 0 aromatic heterocycles. The maximum Gasteiger partial charge on any atom is 0.488 e. The molecule has 0 fully saturated rings. The molecule has 0 unspecified atom stereocenters. The molecule has 0 amide bonds. The van der Waals surface area contributed by atoms with E-state index in [9.17, 15) is 14.8 Å². The maximum absolute atomic E-state index is 12.3. The van der Waals surface area contributed by atoms with Gasteiger partial charge in [0.1, 0.15) is 5.75 Å². The second-order valence-electron chi connectivity index (χ2n) is 5.15. The van der Waals surface area contributed by atoms with Crippen LogP contribution in [0.5, 0.6) is 17.2 Å². The largest absolute Gasteiger partial charge is 0.496 e. The van der Waals surface area contributed by atoms with Crippen molar-refractivity contribution < 1.29 is 29.1 Å². The van der Waals surface area contributed by atoms with Gasteiger partial charge in [-0.05, 0) is 23.7 Å². The first-order valence-corrected chi connectivity index (χ1v) is 7.48. The fourth-order valence-corrected chi connectivity index (χ4v) is 2.30. The molecule has 2 rings (SSSR count). The number of benzene rings is 2. The summed E-state index contributed by atoms with van der Waals surface area (Å²) in [6, 6.07) is 9.53. The van der Waals surface area contributed by atoms with E-state index in [2.05, 4.69) is 0 Å². The minimum atomic E-state index is -1.62. The molecule has 0 aliphatic heterocycles. The lowest BCUT2D eigenvalue weighted by molar-refractivity contribution is 0.104. The topological polar surface area (TPSA) is 85.2 Å². The Morgan fingerprint density at radius 2 is 1.60 bits per heavy atom. The number of hydrogen-bond acceptors (Lipinski definition) is 6. The average molecular weight is 342 g/mol. The van der Waals surface area contributed by atoms with Crippen molar-refractivity contribution in [2.24, 2.45) is 0 Å². The molecule has 0 bridgehead atoms. The molecule has 0 saturated heterocycles. The molecule has 0 aliphatic carbocycles. The molecule has 2 aromatic rings. The molecule has 0 radical (unpaired) electrons. The molecule has 0 aliphatic rings. The van der Waals surface area contributed by atoms with E-state index in [-0.39, 0.29) is 11.2 Å². The predicted octanol–water partition coefficient (Wildman–Crippen LogP) is 1.29. The Hall–Kier alpha value is -2.77. The molecular formula is C18H19BO6. The van der Waals surface area contributed by atoms with E-state index < -0.39 is 7.12 Å². The van der Waals surface area contributed by atoms with E-state index in [1.54, 1.807) is 30.3 Å². The SMILES string of the molecule is COc1cc(OC)c(OC)cc1/C=C/C(=O)c1cccc(B(O)O)c1. The minimum Gasteiger partial charge on any atom is -0.496 e. The molecule has 7 heteroatoms. The Balaban J connectivity index is 2.32. The average Bonchev–Trinajstić information content (AvgIpc) is 2.65.